The van der Waals surface area contributed by atoms with Gasteiger partial charge < -0.3 is 31.5 Å². The Kier molecular flexibility index (Phi) is 10.9. The number of nitrogens with two attached hydrogens (primary N) is 2. The van der Waals surface area contributed by atoms with Crippen molar-refractivity contribution in [2.75, 3.05) is 19.8 Å². The Labute approximate surface area is 246 Å². The van der Waals surface area contributed by atoms with E-state index < -0.39 is 46.9 Å². The smallest absolute Gasteiger partial charge is 0.287 e. The topological polar surface area (TPSA) is 196 Å². The number of Topliss-reactive ketones (excluding diaryl/α,β-unsaturated/α-hetero) is 1. The molecule has 14 heteroatoms. The molecule has 1 aromatic rings. The molecular weight excluding hydrogens is 554 g/mol. The van der Waals surface area contributed by atoms with Gasteiger partial charge in [0.25, 0.3) is 5.91 Å². The number of ether oxygens (including phenoxy) is 1. The first-order valence-electron chi connectivity index (χ1n) is 14.4. The normalized spacial score (nSPS) is 26.5. The Bertz CT molecular complexity index is 1090. The van der Waals surface area contributed by atoms with Gasteiger partial charge in [0, 0.05) is 32.6 Å². The Morgan fingerprint density at radius 2 is 1.88 bits per heavy atom. The average Bonchev–Trinajstić information content (AvgIpc) is 3.52. The van der Waals surface area contributed by atoms with E-state index in [9.17, 15) is 24.3 Å². The number of nitrogens with one attached hydrogen (secondary N) is 1. The second kappa shape index (κ2) is 13.6. The molecule has 2 aliphatic heterocycles. The lowest BCUT2D eigenvalue weighted by Crippen LogP contribution is -2.62. The van der Waals surface area contributed by atoms with Crippen LogP contribution in [0.25, 0.3) is 0 Å². The molecule has 3 aliphatic rings. The standard InChI is InChI=1S/C27H43N7O6.ClH/c1-26(2,39)21-15-30-32-34(21)18-14-20(33(16-18)25(38)19(28)13-17-7-4-3-5-8-17)24(37)31-27(22(35)23(29)36)9-6-11-40-12-10-27;/h15,17-20,39H,3-14,16,28H2,1-2H3,(H2,29,36)(H,31,37);1H/t18?,19-,20+,27?;/m1./s1. The van der Waals surface area contributed by atoms with Gasteiger partial charge in [-0.3, -0.25) is 19.2 Å². The van der Waals surface area contributed by atoms with Crippen molar-refractivity contribution in [2.45, 2.75) is 107 Å². The minimum absolute atomic E-state index is 0. The number of rotatable bonds is 9. The number of carbonyl (C=O) groups excluding carboxylic acids is 4. The quantitative estimate of drug-likeness (QED) is 0.292. The van der Waals surface area contributed by atoms with E-state index in [0.717, 1.165) is 25.7 Å². The highest BCUT2D eigenvalue weighted by atomic mass is 35.5. The van der Waals surface area contributed by atoms with Crippen molar-refractivity contribution in [1.29, 1.82) is 0 Å². The first-order chi connectivity index (χ1) is 18.9. The minimum atomic E-state index is -1.51. The van der Waals surface area contributed by atoms with Gasteiger partial charge >= 0.3 is 0 Å². The zero-order valence-corrected chi connectivity index (χ0v) is 24.7. The molecular formula is C27H44ClN7O6. The van der Waals surface area contributed by atoms with Gasteiger partial charge in [-0.1, -0.05) is 37.3 Å². The van der Waals surface area contributed by atoms with Gasteiger partial charge in [-0.15, -0.1) is 17.5 Å². The summed E-state index contributed by atoms with van der Waals surface area (Å²) in [5.74, 6) is -2.57. The molecule has 0 spiro atoms. The predicted octanol–water partition coefficient (Wildman–Crippen LogP) is 0.477. The number of hydrogen-bond donors (Lipinski definition) is 4. The summed E-state index contributed by atoms with van der Waals surface area (Å²) in [7, 11) is 0. The highest BCUT2D eigenvalue weighted by Gasteiger charge is 2.48. The fraction of sp³-hybridized carbons (Fsp3) is 0.778. The molecule has 4 atom stereocenters. The number of aliphatic hydroxyl groups is 1. The summed E-state index contributed by atoms with van der Waals surface area (Å²) in [6.07, 6.45) is 8.38. The largest absolute Gasteiger partial charge is 0.384 e. The van der Waals surface area contributed by atoms with E-state index in [1.165, 1.54) is 17.5 Å². The van der Waals surface area contributed by atoms with Crippen LogP contribution in [0, 0.1) is 5.92 Å². The number of likely N-dealkylation sites (tertiary alicyclic amines) is 1. The zero-order valence-electron chi connectivity index (χ0n) is 23.9. The van der Waals surface area contributed by atoms with Crippen LogP contribution in [0.1, 0.15) is 89.8 Å². The van der Waals surface area contributed by atoms with Gasteiger partial charge in [-0.2, -0.15) is 0 Å². The first kappa shape index (κ1) is 32.9. The van der Waals surface area contributed by atoms with Crippen LogP contribution < -0.4 is 16.8 Å². The summed E-state index contributed by atoms with van der Waals surface area (Å²) in [6, 6.07) is -2.23. The van der Waals surface area contributed by atoms with Gasteiger partial charge in [0.2, 0.25) is 17.6 Å². The molecule has 1 saturated carbocycles. The Balaban J connectivity index is 0.00000462. The van der Waals surface area contributed by atoms with Crippen molar-refractivity contribution >= 4 is 35.9 Å². The molecule has 41 heavy (non-hydrogen) atoms. The van der Waals surface area contributed by atoms with Gasteiger partial charge in [-0.05, 0) is 39.0 Å². The van der Waals surface area contributed by atoms with Crippen molar-refractivity contribution in [1.82, 2.24) is 25.2 Å². The molecule has 3 amide bonds. The number of aromatic nitrogens is 3. The molecule has 3 fully saturated rings. The van der Waals surface area contributed by atoms with E-state index in [1.807, 2.05) is 0 Å². The minimum Gasteiger partial charge on any atom is -0.384 e. The molecule has 230 valence electrons. The van der Waals surface area contributed by atoms with Crippen LogP contribution in [-0.2, 0) is 29.5 Å². The number of primary amides is 1. The van der Waals surface area contributed by atoms with Crippen LogP contribution in [0.5, 0.6) is 0 Å². The third-order valence-electron chi connectivity index (χ3n) is 8.63. The van der Waals surface area contributed by atoms with E-state index in [0.29, 0.717) is 31.1 Å². The molecule has 1 aromatic heterocycles. The van der Waals surface area contributed by atoms with Crippen molar-refractivity contribution in [3.63, 3.8) is 0 Å². The maximum atomic E-state index is 13.9. The van der Waals surface area contributed by atoms with Crippen LogP contribution in [-0.4, -0.2) is 85.9 Å². The van der Waals surface area contributed by atoms with Crippen LogP contribution >= 0.6 is 12.4 Å². The van der Waals surface area contributed by atoms with Gasteiger partial charge in [0.15, 0.2) is 0 Å². The molecule has 2 saturated heterocycles. The summed E-state index contributed by atoms with van der Waals surface area (Å²) in [5.41, 5.74) is 9.49. The Morgan fingerprint density at radius 3 is 2.54 bits per heavy atom. The first-order valence-corrected chi connectivity index (χ1v) is 14.4. The second-order valence-corrected chi connectivity index (χ2v) is 12.1. The van der Waals surface area contributed by atoms with Crippen LogP contribution in [0.3, 0.4) is 0 Å². The van der Waals surface area contributed by atoms with Gasteiger partial charge in [0.05, 0.1) is 24.0 Å². The summed E-state index contributed by atoms with van der Waals surface area (Å²) >= 11 is 0. The predicted molar refractivity (Wildman–Crippen MR) is 151 cm³/mol. The van der Waals surface area contributed by atoms with Gasteiger partial charge in [0.1, 0.15) is 17.2 Å². The average molecular weight is 598 g/mol. The van der Waals surface area contributed by atoms with E-state index in [1.54, 1.807) is 18.5 Å². The van der Waals surface area contributed by atoms with E-state index in [4.69, 9.17) is 16.2 Å². The fourth-order valence-corrected chi connectivity index (χ4v) is 6.44. The SMILES string of the molecule is CC(C)(O)c1cnnn1C1C[C@@H](C(=O)NC2(C(=O)C(N)=O)CCCOCC2)N(C(=O)[C@H](N)CC2CCCCC2)C1.Cl. The molecule has 4 rings (SSSR count). The molecule has 2 unspecified atom stereocenters. The lowest BCUT2D eigenvalue weighted by atomic mass is 9.84. The highest BCUT2D eigenvalue weighted by Crippen LogP contribution is 2.34. The third kappa shape index (κ3) is 7.43. The molecule has 0 radical (unpaired) electrons. The van der Waals surface area contributed by atoms with Gasteiger partial charge in [-0.25, -0.2) is 4.68 Å². The number of amides is 3. The molecule has 13 nitrogen and oxygen atoms in total. The van der Waals surface area contributed by atoms with Crippen molar-refractivity contribution in [2.24, 2.45) is 17.4 Å². The number of hydrogen-bond acceptors (Lipinski definition) is 9. The van der Waals surface area contributed by atoms with Crippen molar-refractivity contribution in [3.05, 3.63) is 11.9 Å². The molecule has 3 heterocycles. The zero-order chi connectivity index (χ0) is 29.1. The molecule has 6 N–H and O–H groups in total. The molecule has 1 aliphatic carbocycles. The summed E-state index contributed by atoms with van der Waals surface area (Å²) in [6.45, 7) is 3.91. The number of halogens is 1. The number of carbonyl (C=O) groups is 4. The Hall–Kier alpha value is -2.61. The molecule has 0 bridgehead atoms. The van der Waals surface area contributed by atoms with Crippen LogP contribution in [0.2, 0.25) is 0 Å². The van der Waals surface area contributed by atoms with Crippen LogP contribution in [0.4, 0.5) is 0 Å². The second-order valence-electron chi connectivity index (χ2n) is 12.1. The summed E-state index contributed by atoms with van der Waals surface area (Å²) < 4.78 is 7.03. The van der Waals surface area contributed by atoms with E-state index >= 15 is 0 Å². The maximum absolute atomic E-state index is 13.9. The lowest BCUT2D eigenvalue weighted by Gasteiger charge is -2.34. The number of ketones is 1. The lowest BCUT2D eigenvalue weighted by molar-refractivity contribution is -0.145. The maximum Gasteiger partial charge on any atom is 0.287 e. The van der Waals surface area contributed by atoms with E-state index in [-0.39, 0.29) is 50.7 Å². The summed E-state index contributed by atoms with van der Waals surface area (Å²) in [4.78, 5) is 54.1. The third-order valence-corrected chi connectivity index (χ3v) is 8.63. The van der Waals surface area contributed by atoms with Crippen molar-refractivity contribution < 1.29 is 29.0 Å². The van der Waals surface area contributed by atoms with Crippen molar-refractivity contribution in [3.8, 4) is 0 Å². The van der Waals surface area contributed by atoms with E-state index in [2.05, 4.69) is 15.6 Å². The fourth-order valence-electron chi connectivity index (χ4n) is 6.44. The highest BCUT2D eigenvalue weighted by molar-refractivity contribution is 6.39. The van der Waals surface area contributed by atoms with Crippen LogP contribution in [0.15, 0.2) is 6.20 Å². The monoisotopic (exact) mass is 597 g/mol. The number of nitrogens with zero attached hydrogens (tertiary/aromatic N) is 4. The summed E-state index contributed by atoms with van der Waals surface area (Å²) in [5, 5.41) is 21.6. The molecule has 0 aromatic carbocycles. The Morgan fingerprint density at radius 1 is 1.17 bits per heavy atom.